The molecule has 19 heavy (non-hydrogen) atoms. The first-order valence-electron chi connectivity index (χ1n) is 5.67. The molecule has 0 amide bonds. The van der Waals surface area contributed by atoms with Crippen LogP contribution < -0.4 is 15.8 Å². The third kappa shape index (κ3) is 3.17. The second kappa shape index (κ2) is 5.48. The number of methoxy groups -OCH3 is 1. The highest BCUT2D eigenvalue weighted by Gasteiger charge is 2.06. The molecule has 2 aromatic rings. The van der Waals surface area contributed by atoms with Crippen LogP contribution in [0.1, 0.15) is 5.56 Å². The van der Waals surface area contributed by atoms with Crippen molar-refractivity contribution in [2.24, 2.45) is 0 Å². The summed E-state index contributed by atoms with van der Waals surface area (Å²) in [6.07, 6.45) is 0. The van der Waals surface area contributed by atoms with Crippen LogP contribution in [-0.2, 0) is 0 Å². The van der Waals surface area contributed by atoms with E-state index in [1.54, 1.807) is 31.4 Å². The number of rotatable bonds is 3. The van der Waals surface area contributed by atoms with Crippen LogP contribution in [0.2, 0.25) is 0 Å². The molecule has 100 valence electrons. The summed E-state index contributed by atoms with van der Waals surface area (Å²) in [5.74, 6) is 0.335. The van der Waals surface area contributed by atoms with Gasteiger partial charge in [-0.3, -0.25) is 0 Å². The minimum Gasteiger partial charge on any atom is -0.497 e. The number of hydrogen-bond donors (Lipinski definition) is 2. The number of nitrogen functional groups attached to an aromatic ring is 1. The summed E-state index contributed by atoms with van der Waals surface area (Å²) >= 11 is 3.16. The van der Waals surface area contributed by atoms with E-state index in [0.29, 0.717) is 21.6 Å². The third-order valence-corrected chi connectivity index (χ3v) is 3.32. The van der Waals surface area contributed by atoms with E-state index < -0.39 is 0 Å². The van der Waals surface area contributed by atoms with Gasteiger partial charge in [0, 0.05) is 29.2 Å². The fourth-order valence-electron chi connectivity index (χ4n) is 1.75. The molecule has 0 radical (unpaired) electrons. The number of nitrogens with two attached hydrogens (primary N) is 1. The van der Waals surface area contributed by atoms with Gasteiger partial charge in [0.1, 0.15) is 11.6 Å². The van der Waals surface area contributed by atoms with Gasteiger partial charge in [-0.2, -0.15) is 0 Å². The maximum Gasteiger partial charge on any atom is 0.139 e. The van der Waals surface area contributed by atoms with Crippen molar-refractivity contribution in [3.8, 4) is 5.75 Å². The van der Waals surface area contributed by atoms with Gasteiger partial charge in [0.2, 0.25) is 0 Å². The molecule has 0 fully saturated rings. The van der Waals surface area contributed by atoms with E-state index in [1.807, 2.05) is 6.92 Å². The Morgan fingerprint density at radius 3 is 2.63 bits per heavy atom. The molecule has 0 spiro atoms. The van der Waals surface area contributed by atoms with Crippen molar-refractivity contribution >= 4 is 33.0 Å². The number of ether oxygens (including phenoxy) is 1. The van der Waals surface area contributed by atoms with Crippen LogP contribution in [0.25, 0.3) is 0 Å². The summed E-state index contributed by atoms with van der Waals surface area (Å²) in [6.45, 7) is 1.90. The molecule has 0 bridgehead atoms. The highest BCUT2D eigenvalue weighted by atomic mass is 79.9. The van der Waals surface area contributed by atoms with Crippen LogP contribution in [0, 0.1) is 12.7 Å². The van der Waals surface area contributed by atoms with E-state index in [9.17, 15) is 4.39 Å². The van der Waals surface area contributed by atoms with E-state index in [4.69, 9.17) is 10.5 Å². The predicted octanol–water partition coefficient (Wildman–Crippen LogP) is 4.23. The Bertz CT molecular complexity index is 617. The number of nitrogens with one attached hydrogen (secondary N) is 1. The summed E-state index contributed by atoms with van der Waals surface area (Å²) in [6, 6.07) is 8.45. The lowest BCUT2D eigenvalue weighted by atomic mass is 10.2. The molecule has 0 aliphatic carbocycles. The van der Waals surface area contributed by atoms with E-state index >= 15 is 0 Å². The van der Waals surface area contributed by atoms with Crippen molar-refractivity contribution in [1.82, 2.24) is 0 Å². The lowest BCUT2D eigenvalue weighted by Gasteiger charge is -2.12. The first-order chi connectivity index (χ1) is 8.99. The Morgan fingerprint density at radius 2 is 1.95 bits per heavy atom. The average Bonchev–Trinajstić information content (AvgIpc) is 2.35. The van der Waals surface area contributed by atoms with Gasteiger partial charge in [-0.25, -0.2) is 4.39 Å². The van der Waals surface area contributed by atoms with Gasteiger partial charge < -0.3 is 15.8 Å². The summed E-state index contributed by atoms with van der Waals surface area (Å²) in [7, 11) is 1.57. The molecule has 0 heterocycles. The Hall–Kier alpha value is -1.75. The van der Waals surface area contributed by atoms with Crippen molar-refractivity contribution in [2.45, 2.75) is 6.92 Å². The zero-order chi connectivity index (χ0) is 14.0. The largest absolute Gasteiger partial charge is 0.497 e. The molecule has 5 heteroatoms. The Balaban J connectivity index is 2.36. The maximum atomic E-state index is 13.6. The molecule has 0 atom stereocenters. The van der Waals surface area contributed by atoms with Crippen LogP contribution >= 0.6 is 15.9 Å². The lowest BCUT2D eigenvalue weighted by Crippen LogP contribution is -1.97. The normalized spacial score (nSPS) is 10.3. The molecule has 0 aliphatic rings. The fraction of sp³-hybridized carbons (Fsp3) is 0.143. The van der Waals surface area contributed by atoms with Gasteiger partial charge in [0.05, 0.1) is 11.6 Å². The van der Waals surface area contributed by atoms with Gasteiger partial charge in [-0.15, -0.1) is 0 Å². The van der Waals surface area contributed by atoms with Crippen molar-refractivity contribution in [3.63, 3.8) is 0 Å². The van der Waals surface area contributed by atoms with E-state index in [2.05, 4.69) is 21.2 Å². The highest BCUT2D eigenvalue weighted by Crippen LogP contribution is 2.29. The SMILES string of the molecule is COc1cc(N)cc(Nc2cc(F)c(Br)cc2C)c1. The van der Waals surface area contributed by atoms with E-state index in [1.165, 1.54) is 6.07 Å². The van der Waals surface area contributed by atoms with E-state index in [-0.39, 0.29) is 5.82 Å². The molecule has 0 saturated carbocycles. The molecule has 2 aromatic carbocycles. The van der Waals surface area contributed by atoms with Crippen molar-refractivity contribution in [1.29, 1.82) is 0 Å². The van der Waals surface area contributed by atoms with Gasteiger partial charge in [0.15, 0.2) is 0 Å². The van der Waals surface area contributed by atoms with Crippen LogP contribution in [-0.4, -0.2) is 7.11 Å². The lowest BCUT2D eigenvalue weighted by molar-refractivity contribution is 0.415. The third-order valence-electron chi connectivity index (χ3n) is 2.71. The van der Waals surface area contributed by atoms with Crippen molar-refractivity contribution in [2.75, 3.05) is 18.2 Å². The van der Waals surface area contributed by atoms with E-state index in [0.717, 1.165) is 11.3 Å². The van der Waals surface area contributed by atoms with Gasteiger partial charge >= 0.3 is 0 Å². The minimum atomic E-state index is -0.316. The van der Waals surface area contributed by atoms with Crippen molar-refractivity contribution in [3.05, 3.63) is 46.2 Å². The van der Waals surface area contributed by atoms with Gasteiger partial charge in [-0.05, 0) is 46.6 Å². The number of hydrogen-bond acceptors (Lipinski definition) is 3. The zero-order valence-electron chi connectivity index (χ0n) is 10.6. The quantitative estimate of drug-likeness (QED) is 0.830. The average molecular weight is 325 g/mol. The molecule has 3 N–H and O–H groups in total. The molecule has 0 aromatic heterocycles. The Labute approximate surface area is 119 Å². The Morgan fingerprint density at radius 1 is 1.21 bits per heavy atom. The summed E-state index contributed by atoms with van der Waals surface area (Å²) < 4.78 is 19.1. The number of halogens is 2. The molecule has 0 aliphatic heterocycles. The van der Waals surface area contributed by atoms with Crippen LogP contribution in [0.15, 0.2) is 34.8 Å². The predicted molar refractivity (Wildman–Crippen MR) is 79.5 cm³/mol. The highest BCUT2D eigenvalue weighted by molar-refractivity contribution is 9.10. The molecule has 2 rings (SSSR count). The monoisotopic (exact) mass is 324 g/mol. The summed E-state index contributed by atoms with van der Waals surface area (Å²) in [5, 5.41) is 3.13. The summed E-state index contributed by atoms with van der Waals surface area (Å²) in [5.41, 5.74) is 8.73. The van der Waals surface area contributed by atoms with Gasteiger partial charge in [-0.1, -0.05) is 0 Å². The zero-order valence-corrected chi connectivity index (χ0v) is 12.2. The number of anilines is 3. The first kappa shape index (κ1) is 13.7. The molecular weight excluding hydrogens is 311 g/mol. The standard InChI is InChI=1S/C14H14BrFN2O/c1-8-3-12(15)13(16)7-14(8)18-10-4-9(17)5-11(6-10)19-2/h3-7,18H,17H2,1-2H3. The maximum absolute atomic E-state index is 13.6. The molecular formula is C14H14BrFN2O. The second-order valence-corrected chi connectivity index (χ2v) is 5.06. The summed E-state index contributed by atoms with van der Waals surface area (Å²) in [4.78, 5) is 0. The fourth-order valence-corrected chi connectivity index (χ4v) is 2.21. The second-order valence-electron chi connectivity index (χ2n) is 4.20. The Kier molecular flexibility index (Phi) is 3.95. The van der Waals surface area contributed by atoms with Crippen LogP contribution in [0.5, 0.6) is 5.75 Å². The van der Waals surface area contributed by atoms with Crippen molar-refractivity contribution < 1.29 is 9.13 Å². The number of aryl methyl sites for hydroxylation is 1. The molecule has 0 saturated heterocycles. The topological polar surface area (TPSA) is 47.3 Å². The molecule has 3 nitrogen and oxygen atoms in total. The van der Waals surface area contributed by atoms with Crippen LogP contribution in [0.4, 0.5) is 21.5 Å². The minimum absolute atomic E-state index is 0.316. The van der Waals surface area contributed by atoms with Crippen LogP contribution in [0.3, 0.4) is 0 Å². The van der Waals surface area contributed by atoms with Gasteiger partial charge in [0.25, 0.3) is 0 Å². The smallest absolute Gasteiger partial charge is 0.139 e. The first-order valence-corrected chi connectivity index (χ1v) is 6.46. The number of benzene rings is 2. The molecule has 0 unspecified atom stereocenters.